The standard InChI is InChI=1S/C23H32N6O7/c1-4-13(2)20(22(35)36)28-21(34)16(11-19(32)33)27-17(30)12-29(3)18(31)10-7-14-5-8-15(9-6-14)26-23(24)25/h5-10,13,16,20H,4,11-12H2,1-3H3,(H,27,30)(H,28,34)(H,32,33)(H,35,36)(H4,24,25,26)/t13-,16-,20-/m0/s1. The third-order valence-electron chi connectivity index (χ3n) is 5.17. The molecule has 196 valence electrons. The van der Waals surface area contributed by atoms with Crippen LogP contribution in [0.2, 0.25) is 0 Å². The minimum Gasteiger partial charge on any atom is -0.481 e. The summed E-state index contributed by atoms with van der Waals surface area (Å²) in [4.78, 5) is 61.0. The first-order valence-corrected chi connectivity index (χ1v) is 11.0. The number of anilines is 1. The van der Waals surface area contributed by atoms with Crippen molar-refractivity contribution in [2.75, 3.05) is 18.9 Å². The number of likely N-dealkylation sites (N-methyl/N-ethyl adjacent to an activating group) is 1. The van der Waals surface area contributed by atoms with Crippen LogP contribution < -0.4 is 21.7 Å². The second kappa shape index (κ2) is 14.1. The fourth-order valence-electron chi connectivity index (χ4n) is 2.98. The third-order valence-corrected chi connectivity index (χ3v) is 5.17. The van der Waals surface area contributed by atoms with E-state index in [1.165, 1.54) is 19.2 Å². The molecule has 8 N–H and O–H groups in total. The average molecular weight is 505 g/mol. The number of carboxylic acid groups (broad SMARTS) is 2. The van der Waals surface area contributed by atoms with Crippen molar-refractivity contribution in [3.8, 4) is 0 Å². The largest absolute Gasteiger partial charge is 0.481 e. The average Bonchev–Trinajstić information content (AvgIpc) is 2.79. The number of carbonyl (C=O) groups excluding carboxylic acids is 3. The van der Waals surface area contributed by atoms with E-state index in [0.717, 1.165) is 4.90 Å². The van der Waals surface area contributed by atoms with Gasteiger partial charge in [0.1, 0.15) is 12.1 Å². The number of nitrogens with two attached hydrogens (primary N) is 1. The summed E-state index contributed by atoms with van der Waals surface area (Å²) in [6.07, 6.45) is 2.42. The van der Waals surface area contributed by atoms with Gasteiger partial charge in [-0.2, -0.15) is 0 Å². The molecule has 0 aliphatic carbocycles. The molecular weight excluding hydrogens is 472 g/mol. The molecule has 1 aromatic carbocycles. The van der Waals surface area contributed by atoms with Crippen LogP contribution in [0.1, 0.15) is 32.3 Å². The van der Waals surface area contributed by atoms with Gasteiger partial charge in [0.25, 0.3) is 0 Å². The first-order chi connectivity index (χ1) is 16.8. The van der Waals surface area contributed by atoms with Crippen LogP contribution in [-0.4, -0.2) is 76.4 Å². The van der Waals surface area contributed by atoms with E-state index in [0.29, 0.717) is 17.7 Å². The lowest BCUT2D eigenvalue weighted by Gasteiger charge is -2.24. The number of benzene rings is 1. The lowest BCUT2D eigenvalue weighted by molar-refractivity contribution is -0.144. The van der Waals surface area contributed by atoms with Gasteiger partial charge in [0.05, 0.1) is 13.0 Å². The highest BCUT2D eigenvalue weighted by Gasteiger charge is 2.31. The summed E-state index contributed by atoms with van der Waals surface area (Å²) >= 11 is 0. The third kappa shape index (κ3) is 10.2. The summed E-state index contributed by atoms with van der Waals surface area (Å²) in [5.41, 5.74) is 6.52. The fourth-order valence-corrected chi connectivity index (χ4v) is 2.98. The Kier molecular flexibility index (Phi) is 11.6. The molecule has 36 heavy (non-hydrogen) atoms. The van der Waals surface area contributed by atoms with Gasteiger partial charge in [0, 0.05) is 18.8 Å². The first kappa shape index (κ1) is 29.6. The van der Waals surface area contributed by atoms with Crippen molar-refractivity contribution < 1.29 is 34.2 Å². The topological polar surface area (TPSA) is 215 Å². The Morgan fingerprint density at radius 2 is 1.72 bits per heavy atom. The van der Waals surface area contributed by atoms with Crippen LogP contribution in [0.4, 0.5) is 5.69 Å². The fraction of sp³-hybridized carbons (Fsp3) is 0.391. The van der Waals surface area contributed by atoms with E-state index in [1.807, 2.05) is 0 Å². The molecule has 0 aliphatic heterocycles. The second-order valence-electron chi connectivity index (χ2n) is 8.12. The van der Waals surface area contributed by atoms with E-state index in [1.54, 1.807) is 38.1 Å². The summed E-state index contributed by atoms with van der Waals surface area (Å²) in [7, 11) is 1.35. The van der Waals surface area contributed by atoms with Crippen LogP contribution in [0.25, 0.3) is 6.08 Å². The number of nitrogens with one attached hydrogen (secondary N) is 4. The summed E-state index contributed by atoms with van der Waals surface area (Å²) in [6, 6.07) is 3.90. The van der Waals surface area contributed by atoms with Gasteiger partial charge >= 0.3 is 11.9 Å². The Hall–Kier alpha value is -4.42. The minimum absolute atomic E-state index is 0.214. The van der Waals surface area contributed by atoms with Gasteiger partial charge in [-0.25, -0.2) is 4.79 Å². The van der Waals surface area contributed by atoms with E-state index in [9.17, 15) is 29.1 Å². The van der Waals surface area contributed by atoms with E-state index < -0.39 is 60.6 Å². The summed E-state index contributed by atoms with van der Waals surface area (Å²) in [5.74, 6) is -5.56. The second-order valence-corrected chi connectivity index (χ2v) is 8.12. The summed E-state index contributed by atoms with van der Waals surface area (Å²) in [5, 5.41) is 32.8. The van der Waals surface area contributed by atoms with Gasteiger partial charge < -0.3 is 36.8 Å². The van der Waals surface area contributed by atoms with Crippen molar-refractivity contribution in [2.24, 2.45) is 11.7 Å². The first-order valence-electron chi connectivity index (χ1n) is 11.0. The van der Waals surface area contributed by atoms with Crippen LogP contribution in [0, 0.1) is 11.3 Å². The van der Waals surface area contributed by atoms with E-state index >= 15 is 0 Å². The number of hydrogen-bond acceptors (Lipinski definition) is 6. The number of hydrogen-bond donors (Lipinski definition) is 7. The normalized spacial score (nSPS) is 13.2. The molecule has 1 aromatic rings. The van der Waals surface area contributed by atoms with Crippen LogP contribution in [0.3, 0.4) is 0 Å². The van der Waals surface area contributed by atoms with Crippen LogP contribution in [-0.2, 0) is 24.0 Å². The SMILES string of the molecule is CC[C@H](C)[C@H](NC(=O)[C@H](CC(=O)O)NC(=O)CN(C)C(=O)C=Cc1ccc(NC(=N)N)cc1)C(=O)O. The quantitative estimate of drug-likeness (QED) is 0.109. The van der Waals surface area contributed by atoms with Crippen LogP contribution in [0.5, 0.6) is 0 Å². The van der Waals surface area contributed by atoms with Gasteiger partial charge in [0.2, 0.25) is 17.7 Å². The zero-order valence-corrected chi connectivity index (χ0v) is 20.3. The molecule has 0 aliphatic rings. The number of guanidine groups is 1. The number of rotatable bonds is 13. The van der Waals surface area contributed by atoms with Crippen molar-refractivity contribution >= 4 is 47.4 Å². The van der Waals surface area contributed by atoms with E-state index in [4.69, 9.17) is 16.2 Å². The van der Waals surface area contributed by atoms with Crippen molar-refractivity contribution in [3.05, 3.63) is 35.9 Å². The Morgan fingerprint density at radius 1 is 1.11 bits per heavy atom. The molecular formula is C23H32N6O7. The van der Waals surface area contributed by atoms with E-state index in [2.05, 4.69) is 16.0 Å². The predicted molar refractivity (Wildman–Crippen MR) is 132 cm³/mol. The van der Waals surface area contributed by atoms with Gasteiger partial charge in [-0.3, -0.25) is 24.6 Å². The highest BCUT2D eigenvalue weighted by molar-refractivity contribution is 5.96. The van der Waals surface area contributed by atoms with Crippen LogP contribution in [0.15, 0.2) is 30.3 Å². The molecule has 3 atom stereocenters. The number of aliphatic carboxylic acids is 2. The molecule has 0 unspecified atom stereocenters. The zero-order chi connectivity index (χ0) is 27.4. The predicted octanol–water partition coefficient (Wildman–Crippen LogP) is 0.0386. The molecule has 3 amide bonds. The highest BCUT2D eigenvalue weighted by atomic mass is 16.4. The zero-order valence-electron chi connectivity index (χ0n) is 20.3. The number of carbonyl (C=O) groups is 5. The lowest BCUT2D eigenvalue weighted by Crippen LogP contribution is -2.55. The molecule has 0 fully saturated rings. The van der Waals surface area contributed by atoms with Crippen molar-refractivity contribution in [3.63, 3.8) is 0 Å². The molecule has 0 aromatic heterocycles. The van der Waals surface area contributed by atoms with Gasteiger partial charge in [0.15, 0.2) is 5.96 Å². The van der Waals surface area contributed by atoms with Crippen molar-refractivity contribution in [1.29, 1.82) is 5.41 Å². The Balaban J connectivity index is 2.77. The number of amides is 3. The van der Waals surface area contributed by atoms with Crippen molar-refractivity contribution in [1.82, 2.24) is 15.5 Å². The molecule has 13 heteroatoms. The summed E-state index contributed by atoms with van der Waals surface area (Å²) < 4.78 is 0. The van der Waals surface area contributed by atoms with E-state index in [-0.39, 0.29) is 5.96 Å². The molecule has 0 radical (unpaired) electrons. The molecule has 13 nitrogen and oxygen atoms in total. The lowest BCUT2D eigenvalue weighted by atomic mass is 9.98. The van der Waals surface area contributed by atoms with Gasteiger partial charge in [-0.1, -0.05) is 32.4 Å². The summed E-state index contributed by atoms with van der Waals surface area (Å²) in [6.45, 7) is 2.89. The Bertz CT molecular complexity index is 1010. The minimum atomic E-state index is -1.53. The Morgan fingerprint density at radius 3 is 2.22 bits per heavy atom. The molecule has 0 spiro atoms. The molecule has 0 bridgehead atoms. The van der Waals surface area contributed by atoms with Crippen molar-refractivity contribution in [2.45, 2.75) is 38.8 Å². The highest BCUT2D eigenvalue weighted by Crippen LogP contribution is 2.11. The maximum absolute atomic E-state index is 12.5. The number of carboxylic acids is 2. The number of nitrogens with zero attached hydrogens (tertiary/aromatic N) is 1. The molecule has 0 heterocycles. The smallest absolute Gasteiger partial charge is 0.326 e. The van der Waals surface area contributed by atoms with Gasteiger partial charge in [-0.15, -0.1) is 0 Å². The molecule has 0 saturated carbocycles. The molecule has 0 saturated heterocycles. The maximum atomic E-state index is 12.5. The maximum Gasteiger partial charge on any atom is 0.326 e. The van der Waals surface area contributed by atoms with Gasteiger partial charge in [-0.05, 0) is 29.7 Å². The Labute approximate surface area is 208 Å². The monoisotopic (exact) mass is 504 g/mol. The van der Waals surface area contributed by atoms with Crippen LogP contribution >= 0.6 is 0 Å². The molecule has 1 rings (SSSR count).